The second-order valence-corrected chi connectivity index (χ2v) is 5.96. The van der Waals surface area contributed by atoms with Gasteiger partial charge in [0.2, 0.25) is 5.88 Å². The molecule has 1 aliphatic heterocycles. The molecule has 0 fully saturated rings. The summed E-state index contributed by atoms with van der Waals surface area (Å²) in [6.07, 6.45) is 1.66. The van der Waals surface area contributed by atoms with Gasteiger partial charge in [-0.3, -0.25) is 4.79 Å². The van der Waals surface area contributed by atoms with Gasteiger partial charge in [-0.15, -0.1) is 0 Å². The molecule has 1 aromatic heterocycles. The van der Waals surface area contributed by atoms with E-state index in [0.717, 1.165) is 35.1 Å². The molecule has 0 saturated carbocycles. The van der Waals surface area contributed by atoms with Gasteiger partial charge in [-0.1, -0.05) is 26.0 Å². The summed E-state index contributed by atoms with van der Waals surface area (Å²) < 4.78 is 8.68. The maximum Gasteiger partial charge on any atom is 0.278 e. The van der Waals surface area contributed by atoms with Crippen molar-refractivity contribution in [3.05, 3.63) is 39.2 Å². The van der Waals surface area contributed by atoms with E-state index in [1.54, 1.807) is 9.36 Å². The van der Waals surface area contributed by atoms with Crippen LogP contribution in [0.3, 0.4) is 0 Å². The first kappa shape index (κ1) is 15.9. The van der Waals surface area contributed by atoms with E-state index in [0.29, 0.717) is 31.9 Å². The lowest BCUT2D eigenvalue weighted by Gasteiger charge is -2.14. The molecule has 5 heteroatoms. The molecular formula is C18H24N2O3. The zero-order chi connectivity index (χ0) is 16.6. The van der Waals surface area contributed by atoms with Gasteiger partial charge in [0.15, 0.2) is 0 Å². The number of aromatic nitrogens is 2. The normalized spacial score (nSPS) is 14.6. The Morgan fingerprint density at radius 2 is 1.78 bits per heavy atom. The van der Waals surface area contributed by atoms with E-state index in [4.69, 9.17) is 4.74 Å². The molecule has 0 atom stereocenters. The summed E-state index contributed by atoms with van der Waals surface area (Å²) in [6.45, 7) is 8.21. The highest BCUT2D eigenvalue weighted by Gasteiger charge is 2.25. The van der Waals surface area contributed by atoms with E-state index >= 15 is 0 Å². The summed E-state index contributed by atoms with van der Waals surface area (Å²) >= 11 is 0. The molecule has 3 rings (SSSR count). The van der Waals surface area contributed by atoms with Gasteiger partial charge in [0, 0.05) is 0 Å². The first-order chi connectivity index (χ1) is 11.1. The quantitative estimate of drug-likeness (QED) is 0.946. The van der Waals surface area contributed by atoms with Crippen molar-refractivity contribution in [2.45, 2.75) is 46.7 Å². The highest BCUT2D eigenvalue weighted by molar-refractivity contribution is 5.76. The molecule has 0 saturated heterocycles. The second-order valence-electron chi connectivity index (χ2n) is 5.96. The van der Waals surface area contributed by atoms with Crippen LogP contribution in [0.1, 0.15) is 30.5 Å². The molecule has 5 nitrogen and oxygen atoms in total. The molecule has 2 aromatic rings. The monoisotopic (exact) mass is 316 g/mol. The number of hydrogen-bond donors (Lipinski definition) is 1. The zero-order valence-electron chi connectivity index (χ0n) is 14.1. The fourth-order valence-electron chi connectivity index (χ4n) is 3.51. The number of rotatable bonds is 3. The number of fused-ring (bicyclic) bond motifs is 1. The number of hydrogen-bond acceptors (Lipinski definition) is 3. The van der Waals surface area contributed by atoms with Crippen LogP contribution < -0.4 is 5.56 Å². The lowest BCUT2D eigenvalue weighted by Crippen LogP contribution is -2.23. The topological polar surface area (TPSA) is 56.4 Å². The Bertz CT molecular complexity index is 787. The molecule has 1 aliphatic rings. The van der Waals surface area contributed by atoms with E-state index in [9.17, 15) is 9.90 Å². The highest BCUT2D eigenvalue weighted by atomic mass is 16.5. The Labute approximate surface area is 136 Å². The van der Waals surface area contributed by atoms with E-state index in [1.807, 2.05) is 0 Å². The molecule has 1 aromatic carbocycles. The Morgan fingerprint density at radius 1 is 1.09 bits per heavy atom. The molecule has 1 N–H and O–H groups in total. The minimum absolute atomic E-state index is 0.0653. The SMILES string of the molecule is CCc1ccc(C)c(CC)c1-c1c(O)n2n(c1=O)CCOCC2. The average Bonchev–Trinajstić information content (AvgIpc) is 2.74. The Morgan fingerprint density at radius 3 is 2.43 bits per heavy atom. The standard InChI is InChI=1S/C18H24N2O3/c1-4-13-7-6-12(3)14(5-2)15(13)16-17(21)19-8-10-23-11-9-20(19)18(16)22/h6-7,21H,4-5,8-11H2,1-3H3. The first-order valence-corrected chi connectivity index (χ1v) is 8.32. The van der Waals surface area contributed by atoms with Gasteiger partial charge in [0.1, 0.15) is 5.56 Å². The summed E-state index contributed by atoms with van der Waals surface area (Å²) in [6, 6.07) is 4.17. The summed E-state index contributed by atoms with van der Waals surface area (Å²) in [5.74, 6) is 0.0653. The lowest BCUT2D eigenvalue weighted by molar-refractivity contribution is 0.137. The van der Waals surface area contributed by atoms with E-state index < -0.39 is 0 Å². The predicted octanol–water partition coefficient (Wildman–Crippen LogP) is 2.49. The van der Waals surface area contributed by atoms with Crippen LogP contribution in [0, 0.1) is 6.92 Å². The van der Waals surface area contributed by atoms with Crippen LogP contribution in [0.5, 0.6) is 5.88 Å². The van der Waals surface area contributed by atoms with Crippen molar-refractivity contribution in [1.82, 2.24) is 9.36 Å². The average molecular weight is 316 g/mol. The summed E-state index contributed by atoms with van der Waals surface area (Å²) in [5.41, 5.74) is 4.67. The fourth-order valence-corrected chi connectivity index (χ4v) is 3.51. The zero-order valence-corrected chi connectivity index (χ0v) is 14.1. The van der Waals surface area contributed by atoms with Gasteiger partial charge < -0.3 is 9.84 Å². The van der Waals surface area contributed by atoms with Crippen molar-refractivity contribution in [2.75, 3.05) is 13.2 Å². The highest BCUT2D eigenvalue weighted by Crippen LogP contribution is 2.35. The van der Waals surface area contributed by atoms with Gasteiger partial charge in [-0.2, -0.15) is 0 Å². The van der Waals surface area contributed by atoms with Crippen LogP contribution in [0.4, 0.5) is 0 Å². The number of aromatic hydroxyl groups is 1. The lowest BCUT2D eigenvalue weighted by atomic mass is 9.90. The van der Waals surface area contributed by atoms with Gasteiger partial charge in [0.25, 0.3) is 5.56 Å². The molecular weight excluding hydrogens is 292 g/mol. The van der Waals surface area contributed by atoms with Crippen LogP contribution in [0.15, 0.2) is 16.9 Å². The molecule has 0 aliphatic carbocycles. The summed E-state index contributed by atoms with van der Waals surface area (Å²) in [4.78, 5) is 13.0. The smallest absolute Gasteiger partial charge is 0.278 e. The Balaban J connectivity index is 2.32. The number of benzene rings is 1. The molecule has 0 amide bonds. The first-order valence-electron chi connectivity index (χ1n) is 8.32. The van der Waals surface area contributed by atoms with Crippen LogP contribution in [0.2, 0.25) is 0 Å². The van der Waals surface area contributed by atoms with Crippen LogP contribution in [-0.2, 0) is 30.7 Å². The molecule has 23 heavy (non-hydrogen) atoms. The van der Waals surface area contributed by atoms with Crippen molar-refractivity contribution < 1.29 is 9.84 Å². The van der Waals surface area contributed by atoms with Crippen molar-refractivity contribution in [2.24, 2.45) is 0 Å². The third-order valence-electron chi connectivity index (χ3n) is 4.72. The molecule has 0 spiro atoms. The molecule has 2 heterocycles. The van der Waals surface area contributed by atoms with Gasteiger partial charge >= 0.3 is 0 Å². The van der Waals surface area contributed by atoms with Gasteiger partial charge in [-0.25, -0.2) is 9.36 Å². The van der Waals surface area contributed by atoms with Crippen LogP contribution in [-0.4, -0.2) is 27.7 Å². The maximum atomic E-state index is 13.0. The maximum absolute atomic E-state index is 13.0. The fraction of sp³-hybridized carbons (Fsp3) is 0.500. The third-order valence-corrected chi connectivity index (χ3v) is 4.72. The van der Waals surface area contributed by atoms with Crippen LogP contribution >= 0.6 is 0 Å². The minimum Gasteiger partial charge on any atom is -0.493 e. The Hall–Kier alpha value is -2.01. The van der Waals surface area contributed by atoms with Gasteiger partial charge in [0.05, 0.1) is 26.3 Å². The van der Waals surface area contributed by atoms with Crippen LogP contribution in [0.25, 0.3) is 11.1 Å². The predicted molar refractivity (Wildman–Crippen MR) is 90.1 cm³/mol. The largest absolute Gasteiger partial charge is 0.493 e. The van der Waals surface area contributed by atoms with Gasteiger partial charge in [-0.05, 0) is 42.0 Å². The molecule has 0 bridgehead atoms. The summed E-state index contributed by atoms with van der Waals surface area (Å²) in [7, 11) is 0. The Kier molecular flexibility index (Phi) is 4.31. The molecule has 0 unspecified atom stereocenters. The van der Waals surface area contributed by atoms with Crippen molar-refractivity contribution >= 4 is 0 Å². The summed E-state index contributed by atoms with van der Waals surface area (Å²) in [5, 5.41) is 10.8. The van der Waals surface area contributed by atoms with E-state index in [1.165, 1.54) is 0 Å². The molecule has 0 radical (unpaired) electrons. The number of aryl methyl sites for hydroxylation is 2. The third kappa shape index (κ3) is 2.49. The van der Waals surface area contributed by atoms with Crippen molar-refractivity contribution in [3.63, 3.8) is 0 Å². The minimum atomic E-state index is -0.122. The van der Waals surface area contributed by atoms with E-state index in [-0.39, 0.29) is 11.4 Å². The second kappa shape index (κ2) is 6.24. The molecule has 124 valence electrons. The van der Waals surface area contributed by atoms with E-state index in [2.05, 4.69) is 32.9 Å². The van der Waals surface area contributed by atoms with Crippen molar-refractivity contribution in [3.8, 4) is 17.0 Å². The number of ether oxygens (including phenoxy) is 1. The number of nitrogens with zero attached hydrogens (tertiary/aromatic N) is 2. The van der Waals surface area contributed by atoms with Crippen molar-refractivity contribution in [1.29, 1.82) is 0 Å².